The molecule has 0 aliphatic carbocycles. The number of rotatable bonds is 6. The number of aromatic nitrogens is 2. The predicted molar refractivity (Wildman–Crippen MR) is 105 cm³/mol. The van der Waals surface area contributed by atoms with Gasteiger partial charge < -0.3 is 20.9 Å². The van der Waals surface area contributed by atoms with Crippen molar-refractivity contribution in [1.82, 2.24) is 15.3 Å². The molecule has 0 saturated carbocycles. The van der Waals surface area contributed by atoms with Crippen LogP contribution in [0.1, 0.15) is 18.5 Å². The summed E-state index contributed by atoms with van der Waals surface area (Å²) in [4.78, 5) is 23.1. The number of urea groups is 1. The van der Waals surface area contributed by atoms with Crippen molar-refractivity contribution >= 4 is 35.1 Å². The van der Waals surface area contributed by atoms with Crippen LogP contribution in [0, 0.1) is 6.92 Å². The molecule has 3 N–H and O–H groups in total. The highest BCUT2D eigenvalue weighted by atomic mass is 35.5. The van der Waals surface area contributed by atoms with Crippen LogP contribution < -0.4 is 20.9 Å². The quantitative estimate of drug-likeness (QED) is 0.676. The van der Waals surface area contributed by atoms with E-state index in [1.54, 1.807) is 24.3 Å². The third kappa shape index (κ3) is 5.23. The SMILES string of the molecule is Cc1cc(N2CCCC2)nc(NCCNC(=O)Nc2cccc(Cl)c2)n1. The lowest BCUT2D eigenvalue weighted by atomic mass is 10.3. The summed E-state index contributed by atoms with van der Waals surface area (Å²) in [6.45, 7) is 5.03. The lowest BCUT2D eigenvalue weighted by Gasteiger charge is -2.17. The van der Waals surface area contributed by atoms with Crippen molar-refractivity contribution in [3.05, 3.63) is 41.0 Å². The number of aryl methyl sites for hydroxylation is 1. The minimum atomic E-state index is -0.281. The fraction of sp³-hybridized carbons (Fsp3) is 0.389. The number of benzene rings is 1. The zero-order chi connectivity index (χ0) is 18.4. The van der Waals surface area contributed by atoms with Crippen LogP contribution in [0.15, 0.2) is 30.3 Å². The normalized spacial score (nSPS) is 13.5. The molecule has 1 fully saturated rings. The van der Waals surface area contributed by atoms with E-state index in [0.29, 0.717) is 29.7 Å². The molecule has 1 aromatic carbocycles. The van der Waals surface area contributed by atoms with E-state index < -0.39 is 0 Å². The average Bonchev–Trinajstić information content (AvgIpc) is 3.13. The van der Waals surface area contributed by atoms with Crippen LogP contribution in [-0.4, -0.2) is 42.2 Å². The van der Waals surface area contributed by atoms with Gasteiger partial charge in [0.1, 0.15) is 5.82 Å². The number of nitrogens with zero attached hydrogens (tertiary/aromatic N) is 3. The number of halogens is 1. The number of anilines is 3. The van der Waals surface area contributed by atoms with Gasteiger partial charge in [-0.1, -0.05) is 17.7 Å². The van der Waals surface area contributed by atoms with Crippen LogP contribution in [0.3, 0.4) is 0 Å². The summed E-state index contributed by atoms with van der Waals surface area (Å²) < 4.78 is 0. The first-order valence-electron chi connectivity index (χ1n) is 8.75. The minimum absolute atomic E-state index is 0.281. The van der Waals surface area contributed by atoms with Crippen molar-refractivity contribution in [3.63, 3.8) is 0 Å². The summed E-state index contributed by atoms with van der Waals surface area (Å²) in [6.07, 6.45) is 2.41. The maximum absolute atomic E-state index is 11.9. The van der Waals surface area contributed by atoms with Gasteiger partial charge in [0.05, 0.1) is 0 Å². The van der Waals surface area contributed by atoms with Crippen molar-refractivity contribution in [2.75, 3.05) is 41.7 Å². The summed E-state index contributed by atoms with van der Waals surface area (Å²) in [6, 6.07) is 8.74. The Bertz CT molecular complexity index is 763. The second-order valence-electron chi connectivity index (χ2n) is 6.20. The number of carbonyl (C=O) groups excluding carboxylic acids is 1. The van der Waals surface area contributed by atoms with Crippen molar-refractivity contribution in [3.8, 4) is 0 Å². The Morgan fingerprint density at radius 2 is 2.00 bits per heavy atom. The van der Waals surface area contributed by atoms with E-state index in [9.17, 15) is 4.79 Å². The lowest BCUT2D eigenvalue weighted by Crippen LogP contribution is -2.32. The minimum Gasteiger partial charge on any atom is -0.356 e. The molecule has 1 aliphatic rings. The molecule has 2 heterocycles. The van der Waals surface area contributed by atoms with E-state index in [4.69, 9.17) is 11.6 Å². The first kappa shape index (κ1) is 18.3. The zero-order valence-electron chi connectivity index (χ0n) is 14.8. The number of nitrogens with one attached hydrogen (secondary N) is 3. The van der Waals surface area contributed by atoms with Crippen LogP contribution in [-0.2, 0) is 0 Å². The molecule has 2 aromatic rings. The van der Waals surface area contributed by atoms with Crippen LogP contribution >= 0.6 is 11.6 Å². The third-order valence-corrected chi connectivity index (χ3v) is 4.28. The highest BCUT2D eigenvalue weighted by Crippen LogP contribution is 2.19. The molecule has 0 radical (unpaired) electrons. The highest BCUT2D eigenvalue weighted by molar-refractivity contribution is 6.30. The van der Waals surface area contributed by atoms with Crippen LogP contribution in [0.4, 0.5) is 22.2 Å². The molecule has 1 saturated heterocycles. The fourth-order valence-electron chi connectivity index (χ4n) is 2.83. The van der Waals surface area contributed by atoms with Crippen molar-refractivity contribution in [2.24, 2.45) is 0 Å². The molecule has 0 bridgehead atoms. The first-order chi connectivity index (χ1) is 12.6. The third-order valence-electron chi connectivity index (χ3n) is 4.05. The van der Waals surface area contributed by atoms with E-state index in [2.05, 4.69) is 30.8 Å². The van der Waals surface area contributed by atoms with Gasteiger partial charge in [-0.05, 0) is 38.0 Å². The summed E-state index contributed by atoms with van der Waals surface area (Å²) in [5.74, 6) is 1.55. The number of hydrogen-bond donors (Lipinski definition) is 3. The molecule has 2 amide bonds. The molecule has 1 aliphatic heterocycles. The number of carbonyl (C=O) groups is 1. The van der Waals surface area contributed by atoms with Gasteiger partial charge in [0.25, 0.3) is 0 Å². The predicted octanol–water partition coefficient (Wildman–Crippen LogP) is 3.27. The zero-order valence-corrected chi connectivity index (χ0v) is 15.5. The molecule has 8 heteroatoms. The van der Waals surface area contributed by atoms with Crippen molar-refractivity contribution < 1.29 is 4.79 Å². The lowest BCUT2D eigenvalue weighted by molar-refractivity contribution is 0.252. The van der Waals surface area contributed by atoms with Crippen LogP contribution in [0.2, 0.25) is 5.02 Å². The standard InChI is InChI=1S/C18H23ClN6O/c1-13-11-16(25-9-2-3-10-25)24-17(22-13)20-7-8-21-18(26)23-15-6-4-5-14(19)12-15/h4-6,11-12H,2-3,7-10H2,1H3,(H,20,22,24)(H2,21,23,26). The van der Waals surface area contributed by atoms with E-state index in [0.717, 1.165) is 24.6 Å². The molecule has 26 heavy (non-hydrogen) atoms. The Labute approximate surface area is 158 Å². The van der Waals surface area contributed by atoms with E-state index in [1.165, 1.54) is 12.8 Å². The molecule has 0 spiro atoms. The Morgan fingerprint density at radius 3 is 2.77 bits per heavy atom. The molecule has 1 aromatic heterocycles. The molecular weight excluding hydrogens is 352 g/mol. The van der Waals surface area contributed by atoms with Gasteiger partial charge in [0.15, 0.2) is 0 Å². The monoisotopic (exact) mass is 374 g/mol. The van der Waals surface area contributed by atoms with Gasteiger partial charge in [0, 0.05) is 48.6 Å². The van der Waals surface area contributed by atoms with E-state index in [-0.39, 0.29) is 6.03 Å². The molecule has 3 rings (SSSR count). The second kappa shape index (κ2) is 8.71. The average molecular weight is 375 g/mol. The van der Waals surface area contributed by atoms with Gasteiger partial charge in [-0.15, -0.1) is 0 Å². The number of hydrogen-bond acceptors (Lipinski definition) is 5. The number of amides is 2. The molecule has 0 atom stereocenters. The maximum Gasteiger partial charge on any atom is 0.319 e. The molecular formula is C18H23ClN6O. The second-order valence-corrected chi connectivity index (χ2v) is 6.64. The Hall–Kier alpha value is -2.54. The largest absolute Gasteiger partial charge is 0.356 e. The summed E-state index contributed by atoms with van der Waals surface area (Å²) >= 11 is 5.90. The van der Waals surface area contributed by atoms with Gasteiger partial charge in [-0.2, -0.15) is 4.98 Å². The Kier molecular flexibility index (Phi) is 6.12. The summed E-state index contributed by atoms with van der Waals surface area (Å²) in [5.41, 5.74) is 1.58. The van der Waals surface area contributed by atoms with Crippen LogP contribution in [0.5, 0.6) is 0 Å². The maximum atomic E-state index is 11.9. The smallest absolute Gasteiger partial charge is 0.319 e. The van der Waals surface area contributed by atoms with Crippen molar-refractivity contribution in [1.29, 1.82) is 0 Å². The van der Waals surface area contributed by atoms with Gasteiger partial charge >= 0.3 is 6.03 Å². The highest BCUT2D eigenvalue weighted by Gasteiger charge is 2.15. The topological polar surface area (TPSA) is 82.2 Å². The molecule has 138 valence electrons. The van der Waals surface area contributed by atoms with Gasteiger partial charge in [0.2, 0.25) is 5.95 Å². The van der Waals surface area contributed by atoms with Crippen molar-refractivity contribution in [2.45, 2.75) is 19.8 Å². The Morgan fingerprint density at radius 1 is 1.19 bits per heavy atom. The van der Waals surface area contributed by atoms with E-state index in [1.807, 2.05) is 13.0 Å². The molecule has 0 unspecified atom stereocenters. The van der Waals surface area contributed by atoms with Crippen LogP contribution in [0.25, 0.3) is 0 Å². The summed E-state index contributed by atoms with van der Waals surface area (Å²) in [5, 5.41) is 9.26. The summed E-state index contributed by atoms with van der Waals surface area (Å²) in [7, 11) is 0. The van der Waals surface area contributed by atoms with E-state index >= 15 is 0 Å². The van der Waals surface area contributed by atoms with Gasteiger partial charge in [-0.3, -0.25) is 0 Å². The van der Waals surface area contributed by atoms with Gasteiger partial charge in [-0.25, -0.2) is 9.78 Å². The molecule has 7 nitrogen and oxygen atoms in total. The first-order valence-corrected chi connectivity index (χ1v) is 9.13. The Balaban J connectivity index is 1.45. The fourth-order valence-corrected chi connectivity index (χ4v) is 3.02.